The second kappa shape index (κ2) is 4.07. The Balaban J connectivity index is 2.23. The molecular weight excluding hydrogens is 138 g/mol. The van der Waals surface area contributed by atoms with E-state index in [2.05, 4.69) is 0 Å². The maximum Gasteiger partial charge on any atom is 0.0542 e. The molecule has 0 aliphatic heterocycles. The Kier molecular flexibility index (Phi) is 3.34. The molecule has 0 saturated heterocycles. The summed E-state index contributed by atoms with van der Waals surface area (Å²) in [5.74, 6) is 0.679. The van der Waals surface area contributed by atoms with Crippen LogP contribution in [0.5, 0.6) is 0 Å². The number of aliphatic hydroxyl groups excluding tert-OH is 1. The Morgan fingerprint density at radius 1 is 1.55 bits per heavy atom. The summed E-state index contributed by atoms with van der Waals surface area (Å²) in [6.45, 7) is 2.04. The molecule has 1 fully saturated rings. The van der Waals surface area contributed by atoms with E-state index in [1.54, 1.807) is 0 Å². The van der Waals surface area contributed by atoms with E-state index in [-0.39, 0.29) is 6.10 Å². The molecule has 1 aliphatic carbocycles. The van der Waals surface area contributed by atoms with Crippen molar-refractivity contribution in [3.8, 4) is 0 Å². The van der Waals surface area contributed by atoms with Gasteiger partial charge >= 0.3 is 0 Å². The molecule has 0 amide bonds. The van der Waals surface area contributed by atoms with Crippen molar-refractivity contribution in [1.29, 1.82) is 0 Å². The van der Waals surface area contributed by atoms with Gasteiger partial charge in [-0.3, -0.25) is 0 Å². The summed E-state index contributed by atoms with van der Waals surface area (Å²) < 4.78 is 0. The Morgan fingerprint density at radius 3 is 2.82 bits per heavy atom. The summed E-state index contributed by atoms with van der Waals surface area (Å²) in [6, 6.07) is 0.297. The van der Waals surface area contributed by atoms with Crippen LogP contribution in [0, 0.1) is 5.92 Å². The molecule has 3 N–H and O–H groups in total. The minimum absolute atomic E-state index is 0.0486. The van der Waals surface area contributed by atoms with Gasteiger partial charge in [0.25, 0.3) is 0 Å². The zero-order chi connectivity index (χ0) is 8.27. The van der Waals surface area contributed by atoms with Gasteiger partial charge < -0.3 is 10.8 Å². The van der Waals surface area contributed by atoms with Crippen molar-refractivity contribution in [3.05, 3.63) is 0 Å². The molecule has 0 radical (unpaired) electrons. The molecule has 0 aromatic heterocycles. The molecule has 1 aliphatic rings. The molecular formula is C9H19NO. The predicted molar refractivity (Wildman–Crippen MR) is 46.2 cm³/mol. The quantitative estimate of drug-likeness (QED) is 0.634. The highest BCUT2D eigenvalue weighted by molar-refractivity contribution is 4.74. The molecule has 2 nitrogen and oxygen atoms in total. The topological polar surface area (TPSA) is 46.2 Å². The van der Waals surface area contributed by atoms with Crippen LogP contribution in [0.15, 0.2) is 0 Å². The maximum absolute atomic E-state index is 9.35. The van der Waals surface area contributed by atoms with Crippen molar-refractivity contribution in [2.45, 2.75) is 51.2 Å². The third kappa shape index (κ3) is 3.21. The van der Waals surface area contributed by atoms with Gasteiger partial charge in [-0.2, -0.15) is 0 Å². The van der Waals surface area contributed by atoms with E-state index < -0.39 is 0 Å². The van der Waals surface area contributed by atoms with Crippen LogP contribution < -0.4 is 5.73 Å². The highest BCUT2D eigenvalue weighted by atomic mass is 16.3. The molecule has 2 heteroatoms. The van der Waals surface area contributed by atoms with Crippen LogP contribution in [-0.4, -0.2) is 17.3 Å². The average Bonchev–Trinajstić information content (AvgIpc) is 1.85. The fourth-order valence-electron chi connectivity index (χ4n) is 2.00. The summed E-state index contributed by atoms with van der Waals surface area (Å²) in [4.78, 5) is 0. The van der Waals surface area contributed by atoms with E-state index in [0.717, 1.165) is 19.3 Å². The number of hydrogen-bond acceptors (Lipinski definition) is 2. The normalized spacial score (nSPS) is 35.2. The SMILES string of the molecule is CC(N)CC1CCCC(O)C1. The second-order valence-corrected chi connectivity index (χ2v) is 3.90. The highest BCUT2D eigenvalue weighted by Crippen LogP contribution is 2.27. The van der Waals surface area contributed by atoms with Crippen molar-refractivity contribution in [2.75, 3.05) is 0 Å². The van der Waals surface area contributed by atoms with Crippen LogP contribution in [0.1, 0.15) is 39.0 Å². The molecule has 3 unspecified atom stereocenters. The van der Waals surface area contributed by atoms with Crippen molar-refractivity contribution < 1.29 is 5.11 Å². The fraction of sp³-hybridized carbons (Fsp3) is 1.00. The molecule has 66 valence electrons. The van der Waals surface area contributed by atoms with Gasteiger partial charge in [-0.05, 0) is 32.1 Å². The minimum Gasteiger partial charge on any atom is -0.393 e. The lowest BCUT2D eigenvalue weighted by atomic mass is 9.84. The first kappa shape index (κ1) is 9.01. The van der Waals surface area contributed by atoms with Gasteiger partial charge in [0, 0.05) is 6.04 Å². The van der Waals surface area contributed by atoms with E-state index in [9.17, 15) is 5.11 Å². The summed E-state index contributed by atoms with van der Waals surface area (Å²) in [5.41, 5.74) is 5.69. The Bertz CT molecular complexity index is 112. The van der Waals surface area contributed by atoms with Crippen LogP contribution in [0.25, 0.3) is 0 Å². The molecule has 0 bridgehead atoms. The van der Waals surface area contributed by atoms with Gasteiger partial charge in [0.05, 0.1) is 6.10 Å². The highest BCUT2D eigenvalue weighted by Gasteiger charge is 2.20. The first-order chi connectivity index (χ1) is 5.18. The van der Waals surface area contributed by atoms with Crippen molar-refractivity contribution in [3.63, 3.8) is 0 Å². The van der Waals surface area contributed by atoms with Crippen LogP contribution in [0.4, 0.5) is 0 Å². The van der Waals surface area contributed by atoms with Gasteiger partial charge in [0.1, 0.15) is 0 Å². The zero-order valence-corrected chi connectivity index (χ0v) is 7.29. The molecule has 1 saturated carbocycles. The Morgan fingerprint density at radius 2 is 2.27 bits per heavy atom. The molecule has 0 aromatic carbocycles. The Hall–Kier alpha value is -0.0800. The largest absolute Gasteiger partial charge is 0.393 e. The molecule has 3 atom stereocenters. The fourth-order valence-corrected chi connectivity index (χ4v) is 2.00. The van der Waals surface area contributed by atoms with Gasteiger partial charge in [-0.1, -0.05) is 12.8 Å². The van der Waals surface area contributed by atoms with E-state index in [1.165, 1.54) is 12.8 Å². The number of hydrogen-bond donors (Lipinski definition) is 2. The summed E-state index contributed by atoms with van der Waals surface area (Å²) in [7, 11) is 0. The molecule has 0 aromatic rings. The van der Waals surface area contributed by atoms with E-state index in [4.69, 9.17) is 5.73 Å². The van der Waals surface area contributed by atoms with Crippen LogP contribution >= 0.6 is 0 Å². The van der Waals surface area contributed by atoms with E-state index >= 15 is 0 Å². The van der Waals surface area contributed by atoms with Gasteiger partial charge in [0.15, 0.2) is 0 Å². The van der Waals surface area contributed by atoms with Crippen molar-refractivity contribution in [2.24, 2.45) is 11.7 Å². The first-order valence-corrected chi connectivity index (χ1v) is 4.62. The number of rotatable bonds is 2. The predicted octanol–water partition coefficient (Wildman–Crippen LogP) is 1.27. The lowest BCUT2D eigenvalue weighted by molar-refractivity contribution is 0.0966. The minimum atomic E-state index is -0.0486. The third-order valence-corrected chi connectivity index (χ3v) is 2.46. The smallest absolute Gasteiger partial charge is 0.0542 e. The number of nitrogens with two attached hydrogens (primary N) is 1. The molecule has 0 spiro atoms. The van der Waals surface area contributed by atoms with Gasteiger partial charge in [-0.15, -0.1) is 0 Å². The molecule has 0 heterocycles. The standard InChI is InChI=1S/C9H19NO/c1-7(10)5-8-3-2-4-9(11)6-8/h7-9,11H,2-6,10H2,1H3. The summed E-state index contributed by atoms with van der Waals surface area (Å²) >= 11 is 0. The number of aliphatic hydroxyl groups is 1. The van der Waals surface area contributed by atoms with Gasteiger partial charge in [0.2, 0.25) is 0 Å². The third-order valence-electron chi connectivity index (χ3n) is 2.46. The van der Waals surface area contributed by atoms with Gasteiger partial charge in [-0.25, -0.2) is 0 Å². The monoisotopic (exact) mass is 157 g/mol. The molecule has 1 rings (SSSR count). The maximum atomic E-state index is 9.35. The van der Waals surface area contributed by atoms with E-state index in [1.807, 2.05) is 6.92 Å². The molecule has 11 heavy (non-hydrogen) atoms. The first-order valence-electron chi connectivity index (χ1n) is 4.62. The van der Waals surface area contributed by atoms with Crippen molar-refractivity contribution >= 4 is 0 Å². The van der Waals surface area contributed by atoms with E-state index in [0.29, 0.717) is 12.0 Å². The lowest BCUT2D eigenvalue weighted by Crippen LogP contribution is -2.25. The van der Waals surface area contributed by atoms with Crippen LogP contribution in [0.3, 0.4) is 0 Å². The summed E-state index contributed by atoms with van der Waals surface area (Å²) in [6.07, 6.45) is 5.44. The Labute approximate surface area is 68.8 Å². The summed E-state index contributed by atoms with van der Waals surface area (Å²) in [5, 5.41) is 9.35. The second-order valence-electron chi connectivity index (χ2n) is 3.90. The average molecular weight is 157 g/mol. The lowest BCUT2D eigenvalue weighted by Gasteiger charge is -2.26. The van der Waals surface area contributed by atoms with Crippen LogP contribution in [-0.2, 0) is 0 Å². The zero-order valence-electron chi connectivity index (χ0n) is 7.29. The van der Waals surface area contributed by atoms with Crippen molar-refractivity contribution in [1.82, 2.24) is 0 Å². The van der Waals surface area contributed by atoms with Crippen LogP contribution in [0.2, 0.25) is 0 Å².